The number of furan rings is 1. The number of benzene rings is 10. The van der Waals surface area contributed by atoms with E-state index in [2.05, 4.69) is 235 Å². The van der Waals surface area contributed by atoms with Crippen molar-refractivity contribution in [1.82, 2.24) is 0 Å². The van der Waals surface area contributed by atoms with Crippen LogP contribution in [0.5, 0.6) is 0 Å². The van der Waals surface area contributed by atoms with Gasteiger partial charge in [0.05, 0.1) is 5.41 Å². The highest BCUT2D eigenvalue weighted by Gasteiger charge is 2.51. The van der Waals surface area contributed by atoms with E-state index in [-0.39, 0.29) is 0 Å². The Kier molecular flexibility index (Phi) is 7.85. The van der Waals surface area contributed by atoms with Gasteiger partial charge in [-0.3, -0.25) is 0 Å². The van der Waals surface area contributed by atoms with E-state index >= 15 is 0 Å². The second kappa shape index (κ2) is 13.9. The maximum absolute atomic E-state index is 6.46. The van der Waals surface area contributed by atoms with E-state index in [0.717, 1.165) is 50.1 Å². The van der Waals surface area contributed by atoms with Crippen LogP contribution in [0.3, 0.4) is 0 Å². The van der Waals surface area contributed by atoms with Gasteiger partial charge in [0, 0.05) is 27.8 Å². The zero-order chi connectivity index (χ0) is 41.5. The monoisotopic (exact) mass is 801 g/mol. The van der Waals surface area contributed by atoms with Crippen LogP contribution in [0.25, 0.3) is 77.6 Å². The minimum Gasteiger partial charge on any atom is -0.456 e. The molecule has 0 N–H and O–H groups in total. The summed E-state index contributed by atoms with van der Waals surface area (Å²) in [5.74, 6) is 0. The Bertz CT molecular complexity index is 3480. The van der Waals surface area contributed by atoms with Crippen LogP contribution >= 0.6 is 0 Å². The number of hydrogen-bond donors (Lipinski definition) is 0. The Morgan fingerprint density at radius 3 is 1.33 bits per heavy atom. The molecule has 294 valence electrons. The van der Waals surface area contributed by atoms with E-state index in [9.17, 15) is 0 Å². The van der Waals surface area contributed by atoms with Crippen LogP contribution in [0.2, 0.25) is 0 Å². The first-order valence-corrected chi connectivity index (χ1v) is 21.7. The molecule has 1 aromatic heterocycles. The average Bonchev–Trinajstić information content (AvgIpc) is 3.98. The predicted molar refractivity (Wildman–Crippen MR) is 261 cm³/mol. The molecule has 2 nitrogen and oxygen atoms in total. The van der Waals surface area contributed by atoms with Crippen LogP contribution in [0.1, 0.15) is 22.3 Å². The Balaban J connectivity index is 0.998. The minimum atomic E-state index is -0.440. The molecule has 11 aromatic rings. The van der Waals surface area contributed by atoms with Crippen molar-refractivity contribution in [3.63, 3.8) is 0 Å². The molecule has 2 aliphatic carbocycles. The van der Waals surface area contributed by atoms with Gasteiger partial charge in [0.1, 0.15) is 11.2 Å². The fraction of sp³-hybridized carbons (Fsp3) is 0.0164. The van der Waals surface area contributed by atoms with Gasteiger partial charge in [0.2, 0.25) is 0 Å². The molecule has 0 radical (unpaired) electrons. The highest BCUT2D eigenvalue weighted by molar-refractivity contribution is 6.09. The summed E-state index contributed by atoms with van der Waals surface area (Å²) in [6.07, 6.45) is 0. The Morgan fingerprint density at radius 2 is 0.714 bits per heavy atom. The molecular formula is C61H39NO. The summed E-state index contributed by atoms with van der Waals surface area (Å²) in [5.41, 5.74) is 22.1. The molecule has 0 saturated heterocycles. The van der Waals surface area contributed by atoms with E-state index < -0.39 is 5.41 Å². The second-order valence-corrected chi connectivity index (χ2v) is 16.8. The molecule has 0 amide bonds. The summed E-state index contributed by atoms with van der Waals surface area (Å²) in [5, 5.41) is 2.25. The summed E-state index contributed by atoms with van der Waals surface area (Å²) < 4.78 is 6.46. The summed E-state index contributed by atoms with van der Waals surface area (Å²) in [6.45, 7) is 0. The summed E-state index contributed by atoms with van der Waals surface area (Å²) >= 11 is 0. The fourth-order valence-electron chi connectivity index (χ4n) is 10.8. The van der Waals surface area contributed by atoms with Crippen molar-refractivity contribution in [3.05, 3.63) is 259 Å². The number of para-hydroxylation sites is 1. The lowest BCUT2D eigenvalue weighted by molar-refractivity contribution is 0.669. The molecule has 0 unspecified atom stereocenters. The number of rotatable bonds is 6. The lowest BCUT2D eigenvalue weighted by Gasteiger charge is -2.32. The highest BCUT2D eigenvalue weighted by atomic mass is 16.3. The molecule has 1 spiro atoms. The fourth-order valence-corrected chi connectivity index (χ4v) is 10.8. The van der Waals surface area contributed by atoms with Crippen molar-refractivity contribution in [2.24, 2.45) is 0 Å². The maximum Gasteiger partial charge on any atom is 0.136 e. The van der Waals surface area contributed by atoms with E-state index in [1.807, 2.05) is 6.07 Å². The zero-order valence-corrected chi connectivity index (χ0v) is 34.4. The van der Waals surface area contributed by atoms with Crippen molar-refractivity contribution >= 4 is 39.0 Å². The van der Waals surface area contributed by atoms with E-state index in [0.29, 0.717) is 0 Å². The highest BCUT2D eigenvalue weighted by Crippen LogP contribution is 2.63. The number of nitrogens with zero attached hydrogens (tertiary/aromatic N) is 1. The second-order valence-electron chi connectivity index (χ2n) is 16.8. The molecule has 0 bridgehead atoms. The molecular weight excluding hydrogens is 763 g/mol. The number of hydrogen-bond acceptors (Lipinski definition) is 2. The molecule has 13 rings (SSSR count). The average molecular weight is 802 g/mol. The van der Waals surface area contributed by atoms with Crippen LogP contribution in [-0.2, 0) is 5.41 Å². The van der Waals surface area contributed by atoms with Crippen molar-refractivity contribution in [2.45, 2.75) is 5.41 Å². The molecule has 0 aliphatic heterocycles. The molecule has 2 heteroatoms. The van der Waals surface area contributed by atoms with Gasteiger partial charge in [-0.1, -0.05) is 182 Å². The van der Waals surface area contributed by atoms with Crippen molar-refractivity contribution in [1.29, 1.82) is 0 Å². The van der Waals surface area contributed by atoms with Crippen molar-refractivity contribution in [3.8, 4) is 55.6 Å². The largest absolute Gasteiger partial charge is 0.456 e. The maximum atomic E-state index is 6.46. The molecule has 0 atom stereocenters. The standard InChI is InChI=1S/C61H39NO/c1-3-15-40(16-4-1)41-27-31-44(32-28-41)62(45-33-29-43(30-34-45)53-39-60-54(51-22-10-14-26-59(51)63-60)38-52(53)42-17-5-2-6-18-42)46-35-36-50-49-21-9-13-25-57(49)61(58(50)37-46)55-23-11-7-19-47(55)48-20-8-12-24-56(48)61/h1-39H. The van der Waals surface area contributed by atoms with Gasteiger partial charge in [-0.05, 0) is 132 Å². The van der Waals surface area contributed by atoms with Gasteiger partial charge in [0.15, 0.2) is 0 Å². The molecule has 0 fully saturated rings. The van der Waals surface area contributed by atoms with Crippen molar-refractivity contribution in [2.75, 3.05) is 4.90 Å². The number of anilines is 3. The Hall–Kier alpha value is -8.20. The Morgan fingerprint density at radius 1 is 0.270 bits per heavy atom. The summed E-state index contributed by atoms with van der Waals surface area (Å²) in [7, 11) is 0. The number of fused-ring (bicyclic) bond motifs is 13. The topological polar surface area (TPSA) is 16.4 Å². The van der Waals surface area contributed by atoms with Crippen LogP contribution in [0.4, 0.5) is 17.1 Å². The minimum absolute atomic E-state index is 0.440. The van der Waals surface area contributed by atoms with Gasteiger partial charge < -0.3 is 9.32 Å². The zero-order valence-electron chi connectivity index (χ0n) is 34.4. The first-order valence-electron chi connectivity index (χ1n) is 21.7. The molecule has 1 heterocycles. The molecule has 2 aliphatic rings. The lowest BCUT2D eigenvalue weighted by Crippen LogP contribution is -2.26. The first-order chi connectivity index (χ1) is 31.2. The lowest BCUT2D eigenvalue weighted by atomic mass is 9.70. The normalized spacial score (nSPS) is 12.9. The third-order valence-corrected chi connectivity index (χ3v) is 13.5. The molecule has 63 heavy (non-hydrogen) atoms. The quantitative estimate of drug-likeness (QED) is 0.167. The summed E-state index contributed by atoms with van der Waals surface area (Å²) in [4.78, 5) is 2.42. The SMILES string of the molecule is c1ccc(-c2ccc(N(c3ccc(-c4cc5oc6ccccc6c5cc4-c4ccccc4)cc3)c3ccc4c(c3)C3(c5ccccc5-c5ccccc53)c3ccccc3-4)cc2)cc1. The smallest absolute Gasteiger partial charge is 0.136 e. The van der Waals surface area contributed by atoms with Gasteiger partial charge in [0.25, 0.3) is 0 Å². The van der Waals surface area contributed by atoms with Gasteiger partial charge in [-0.15, -0.1) is 0 Å². The first kappa shape index (κ1) is 35.5. The van der Waals surface area contributed by atoms with Gasteiger partial charge >= 0.3 is 0 Å². The van der Waals surface area contributed by atoms with E-state index in [1.165, 1.54) is 66.8 Å². The molecule has 0 saturated carbocycles. The molecule has 10 aromatic carbocycles. The predicted octanol–water partition coefficient (Wildman–Crippen LogP) is 16.4. The van der Waals surface area contributed by atoms with Crippen LogP contribution < -0.4 is 4.90 Å². The third kappa shape index (κ3) is 5.32. The van der Waals surface area contributed by atoms with E-state index in [4.69, 9.17) is 4.42 Å². The van der Waals surface area contributed by atoms with Crippen LogP contribution in [-0.4, -0.2) is 0 Å². The van der Waals surface area contributed by atoms with Gasteiger partial charge in [-0.25, -0.2) is 0 Å². The van der Waals surface area contributed by atoms with Crippen LogP contribution in [0.15, 0.2) is 241 Å². The Labute approximate surface area is 366 Å². The van der Waals surface area contributed by atoms with Crippen molar-refractivity contribution < 1.29 is 4.42 Å². The third-order valence-electron chi connectivity index (χ3n) is 13.5. The van der Waals surface area contributed by atoms with E-state index in [1.54, 1.807) is 0 Å². The summed E-state index contributed by atoms with van der Waals surface area (Å²) in [6, 6.07) is 86.5. The van der Waals surface area contributed by atoms with Crippen LogP contribution in [0, 0.1) is 0 Å². The van der Waals surface area contributed by atoms with Gasteiger partial charge in [-0.2, -0.15) is 0 Å².